The van der Waals surface area contributed by atoms with E-state index in [1.165, 1.54) is 37.1 Å². The van der Waals surface area contributed by atoms with Crippen LogP contribution in [-0.2, 0) is 0 Å². The topological polar surface area (TPSA) is 32.5 Å². The summed E-state index contributed by atoms with van der Waals surface area (Å²) in [6.07, 6.45) is 4.03. The van der Waals surface area contributed by atoms with Gasteiger partial charge in [0.25, 0.3) is 0 Å². The van der Waals surface area contributed by atoms with E-state index >= 15 is 0 Å². The Kier molecular flexibility index (Phi) is 2.94. The molecular weight excluding hydrogens is 222 g/mol. The van der Waals surface area contributed by atoms with Crippen LogP contribution in [0, 0.1) is 6.92 Å². The number of hydrogen-bond acceptors (Lipinski definition) is 3. The second-order valence-electron chi connectivity index (χ2n) is 5.83. The van der Waals surface area contributed by atoms with Crippen molar-refractivity contribution in [3.8, 4) is 0 Å². The van der Waals surface area contributed by atoms with Crippen LogP contribution in [0.3, 0.4) is 0 Å². The molecule has 0 aromatic heterocycles. The molecule has 98 valence electrons. The molecule has 0 radical (unpaired) electrons. The third-order valence-electron chi connectivity index (χ3n) is 4.77. The molecule has 1 aromatic carbocycles. The summed E-state index contributed by atoms with van der Waals surface area (Å²) in [7, 11) is 2.29. The van der Waals surface area contributed by atoms with Crippen LogP contribution in [0.15, 0.2) is 18.2 Å². The molecule has 2 unspecified atom stereocenters. The molecule has 2 bridgehead atoms. The van der Waals surface area contributed by atoms with Crippen molar-refractivity contribution in [1.82, 2.24) is 4.90 Å². The van der Waals surface area contributed by atoms with Crippen LogP contribution < -0.4 is 10.6 Å². The van der Waals surface area contributed by atoms with Gasteiger partial charge in [0, 0.05) is 36.5 Å². The zero-order valence-electron chi connectivity index (χ0n) is 11.4. The van der Waals surface area contributed by atoms with Crippen molar-refractivity contribution in [2.75, 3.05) is 30.8 Å². The number of likely N-dealkylation sites (N-methyl/N-ethyl adjacent to an activating group) is 1. The smallest absolute Gasteiger partial charge is 0.0370 e. The first-order valence-electron chi connectivity index (χ1n) is 6.98. The highest BCUT2D eigenvalue weighted by atomic mass is 15.3. The van der Waals surface area contributed by atoms with E-state index in [2.05, 4.69) is 35.9 Å². The van der Waals surface area contributed by atoms with Gasteiger partial charge in [0.05, 0.1) is 0 Å². The molecule has 18 heavy (non-hydrogen) atoms. The summed E-state index contributed by atoms with van der Waals surface area (Å²) < 4.78 is 0. The van der Waals surface area contributed by atoms with Gasteiger partial charge in [-0.25, -0.2) is 0 Å². The molecule has 3 rings (SSSR count). The number of aryl methyl sites for hydroxylation is 1. The van der Waals surface area contributed by atoms with Crippen LogP contribution >= 0.6 is 0 Å². The molecule has 2 heterocycles. The Morgan fingerprint density at radius 3 is 2.72 bits per heavy atom. The number of nitrogen functional groups attached to an aromatic ring is 1. The average molecular weight is 245 g/mol. The largest absolute Gasteiger partial charge is 0.399 e. The Morgan fingerprint density at radius 1 is 1.17 bits per heavy atom. The van der Waals surface area contributed by atoms with Crippen LogP contribution in [-0.4, -0.2) is 37.1 Å². The van der Waals surface area contributed by atoms with Gasteiger partial charge in [-0.1, -0.05) is 0 Å². The van der Waals surface area contributed by atoms with Crippen molar-refractivity contribution in [3.05, 3.63) is 23.8 Å². The number of fused-ring (bicyclic) bond motifs is 2. The molecule has 2 saturated heterocycles. The molecule has 3 heteroatoms. The quantitative estimate of drug-likeness (QED) is 0.770. The van der Waals surface area contributed by atoms with E-state index in [0.717, 1.165) is 24.3 Å². The minimum atomic E-state index is 0.732. The lowest BCUT2D eigenvalue weighted by Crippen LogP contribution is -2.36. The third kappa shape index (κ3) is 1.97. The minimum Gasteiger partial charge on any atom is -0.399 e. The molecule has 0 amide bonds. The highest BCUT2D eigenvalue weighted by Crippen LogP contribution is 2.31. The summed E-state index contributed by atoms with van der Waals surface area (Å²) in [6.45, 7) is 4.43. The molecule has 2 atom stereocenters. The fraction of sp³-hybridized carbons (Fsp3) is 0.600. The number of rotatable bonds is 1. The second kappa shape index (κ2) is 4.47. The van der Waals surface area contributed by atoms with E-state index < -0.39 is 0 Å². The van der Waals surface area contributed by atoms with E-state index in [9.17, 15) is 0 Å². The SMILES string of the molecule is Cc1cc(N2CCC3CCC(C2)N3C)ccc1N. The van der Waals surface area contributed by atoms with Gasteiger partial charge in [-0.2, -0.15) is 0 Å². The van der Waals surface area contributed by atoms with Gasteiger partial charge in [0.15, 0.2) is 0 Å². The summed E-state index contributed by atoms with van der Waals surface area (Å²) in [5, 5.41) is 0. The molecule has 1 aromatic rings. The van der Waals surface area contributed by atoms with Crippen LogP contribution in [0.25, 0.3) is 0 Å². The van der Waals surface area contributed by atoms with E-state index in [4.69, 9.17) is 5.73 Å². The minimum absolute atomic E-state index is 0.732. The van der Waals surface area contributed by atoms with E-state index in [-0.39, 0.29) is 0 Å². The monoisotopic (exact) mass is 245 g/mol. The van der Waals surface area contributed by atoms with Crippen molar-refractivity contribution in [1.29, 1.82) is 0 Å². The Bertz CT molecular complexity index is 443. The van der Waals surface area contributed by atoms with Gasteiger partial charge in [-0.15, -0.1) is 0 Å². The Morgan fingerprint density at radius 2 is 1.94 bits per heavy atom. The van der Waals surface area contributed by atoms with Crippen LogP contribution in [0.1, 0.15) is 24.8 Å². The zero-order valence-corrected chi connectivity index (χ0v) is 11.4. The molecule has 2 N–H and O–H groups in total. The lowest BCUT2D eigenvalue weighted by molar-refractivity contribution is 0.254. The van der Waals surface area contributed by atoms with Crippen LogP contribution in [0.5, 0.6) is 0 Å². The van der Waals surface area contributed by atoms with E-state index in [0.29, 0.717) is 0 Å². The fourth-order valence-corrected chi connectivity index (χ4v) is 3.40. The number of nitrogens with two attached hydrogens (primary N) is 1. The van der Waals surface area contributed by atoms with Crippen molar-refractivity contribution in [2.24, 2.45) is 0 Å². The molecule has 2 aliphatic rings. The van der Waals surface area contributed by atoms with Crippen molar-refractivity contribution >= 4 is 11.4 Å². The second-order valence-corrected chi connectivity index (χ2v) is 5.83. The maximum absolute atomic E-state index is 5.90. The zero-order chi connectivity index (χ0) is 12.7. The molecule has 2 fully saturated rings. The summed E-state index contributed by atoms with van der Waals surface area (Å²) in [5.41, 5.74) is 9.33. The first kappa shape index (κ1) is 11.8. The van der Waals surface area contributed by atoms with Gasteiger partial charge in [0.2, 0.25) is 0 Å². The molecule has 0 spiro atoms. The number of hydrogen-bond donors (Lipinski definition) is 1. The standard InChI is InChI=1S/C15H23N3/c1-11-9-13(5-6-15(11)16)18-8-7-12-3-4-14(10-18)17(12)2/h5-6,9,12,14H,3-4,7-8,10,16H2,1-2H3. The first-order valence-corrected chi connectivity index (χ1v) is 6.98. The average Bonchev–Trinajstić information content (AvgIpc) is 2.57. The molecule has 0 saturated carbocycles. The van der Waals surface area contributed by atoms with E-state index in [1.807, 2.05) is 6.07 Å². The Hall–Kier alpha value is -1.22. The van der Waals surface area contributed by atoms with Crippen molar-refractivity contribution in [3.63, 3.8) is 0 Å². The molecular formula is C15H23N3. The first-order chi connectivity index (χ1) is 8.65. The molecule has 2 aliphatic heterocycles. The summed E-state index contributed by atoms with van der Waals surface area (Å²) in [5.74, 6) is 0. The highest BCUT2D eigenvalue weighted by Gasteiger charge is 2.34. The third-order valence-corrected chi connectivity index (χ3v) is 4.77. The fourth-order valence-electron chi connectivity index (χ4n) is 3.40. The van der Waals surface area contributed by atoms with Crippen molar-refractivity contribution < 1.29 is 0 Å². The number of anilines is 2. The predicted molar refractivity (Wildman–Crippen MR) is 77.0 cm³/mol. The Balaban J connectivity index is 1.82. The van der Waals surface area contributed by atoms with Crippen LogP contribution in [0.4, 0.5) is 11.4 Å². The maximum Gasteiger partial charge on any atom is 0.0370 e. The van der Waals surface area contributed by atoms with Crippen LogP contribution in [0.2, 0.25) is 0 Å². The van der Waals surface area contributed by atoms with Gasteiger partial charge < -0.3 is 10.6 Å². The summed E-state index contributed by atoms with van der Waals surface area (Å²) >= 11 is 0. The maximum atomic E-state index is 5.90. The summed E-state index contributed by atoms with van der Waals surface area (Å²) in [4.78, 5) is 5.12. The van der Waals surface area contributed by atoms with E-state index in [1.54, 1.807) is 0 Å². The number of benzene rings is 1. The van der Waals surface area contributed by atoms with Crippen molar-refractivity contribution in [2.45, 2.75) is 38.3 Å². The normalized spacial score (nSPS) is 28.4. The predicted octanol–water partition coefficient (Wildman–Crippen LogP) is 2.25. The summed E-state index contributed by atoms with van der Waals surface area (Å²) in [6, 6.07) is 7.97. The molecule has 3 nitrogen and oxygen atoms in total. The van der Waals surface area contributed by atoms with Gasteiger partial charge in [0.1, 0.15) is 0 Å². The molecule has 0 aliphatic carbocycles. The Labute approximate surface area is 110 Å². The number of nitrogens with zero attached hydrogens (tertiary/aromatic N) is 2. The lowest BCUT2D eigenvalue weighted by Gasteiger charge is -2.28. The lowest BCUT2D eigenvalue weighted by atomic mass is 10.1. The highest BCUT2D eigenvalue weighted by molar-refractivity contribution is 5.58. The van der Waals surface area contributed by atoms with Gasteiger partial charge in [-0.3, -0.25) is 4.90 Å². The van der Waals surface area contributed by atoms with Gasteiger partial charge >= 0.3 is 0 Å². The van der Waals surface area contributed by atoms with Gasteiger partial charge in [-0.05, 0) is 57.0 Å².